The Morgan fingerprint density at radius 2 is 0.961 bits per heavy atom. The number of fused-ring (bicyclic) bond motifs is 4. The van der Waals surface area contributed by atoms with Gasteiger partial charge in [0.25, 0.3) is 0 Å². The van der Waals surface area contributed by atoms with Gasteiger partial charge in [0.15, 0.2) is 0 Å². The molecule has 0 aliphatic heterocycles. The Balaban J connectivity index is 1.02. The highest BCUT2D eigenvalue weighted by Gasteiger charge is 2.37. The van der Waals surface area contributed by atoms with Crippen LogP contribution >= 0.6 is 0 Å². The van der Waals surface area contributed by atoms with Gasteiger partial charge >= 0.3 is 0 Å². The SMILES string of the molecule is CC1(C)c2cc(/C=C/c3cc4c5c(ccc6cccc(c65)C4(C)C)c3)ccc2-c2ccc(N(c3ccccc3)c3ccc4ccccc4c3)cc21. The molecular formula is C50H39N. The van der Waals surface area contributed by atoms with Crippen LogP contribution in [0.5, 0.6) is 0 Å². The van der Waals surface area contributed by atoms with E-state index in [0.717, 1.165) is 11.4 Å². The second-order valence-corrected chi connectivity index (χ2v) is 15.5. The summed E-state index contributed by atoms with van der Waals surface area (Å²) in [5.41, 5.74) is 14.1. The molecule has 0 amide bonds. The van der Waals surface area contributed by atoms with Gasteiger partial charge in [-0.3, -0.25) is 0 Å². The van der Waals surface area contributed by atoms with Crippen LogP contribution in [0.15, 0.2) is 152 Å². The number of hydrogen-bond acceptors (Lipinski definition) is 1. The van der Waals surface area contributed by atoms with Crippen molar-refractivity contribution in [3.63, 3.8) is 0 Å². The lowest BCUT2D eigenvalue weighted by atomic mass is 9.81. The molecule has 0 saturated carbocycles. The van der Waals surface area contributed by atoms with E-state index >= 15 is 0 Å². The van der Waals surface area contributed by atoms with Crippen molar-refractivity contribution in [1.82, 2.24) is 0 Å². The molecule has 244 valence electrons. The van der Waals surface area contributed by atoms with E-state index in [2.05, 4.69) is 196 Å². The van der Waals surface area contributed by atoms with Crippen molar-refractivity contribution in [3.8, 4) is 11.1 Å². The Labute approximate surface area is 300 Å². The number of rotatable bonds is 5. The van der Waals surface area contributed by atoms with E-state index in [1.807, 2.05) is 0 Å². The molecule has 0 aromatic heterocycles. The fraction of sp³-hybridized carbons (Fsp3) is 0.120. The van der Waals surface area contributed by atoms with Gasteiger partial charge < -0.3 is 4.90 Å². The van der Waals surface area contributed by atoms with E-state index in [1.165, 1.54) is 82.5 Å². The summed E-state index contributed by atoms with van der Waals surface area (Å²) in [5.74, 6) is 0. The molecule has 2 aliphatic rings. The molecule has 0 unspecified atom stereocenters. The fourth-order valence-electron chi connectivity index (χ4n) is 9.04. The Morgan fingerprint density at radius 1 is 0.373 bits per heavy atom. The van der Waals surface area contributed by atoms with Gasteiger partial charge in [-0.2, -0.15) is 0 Å². The molecule has 10 rings (SSSR count). The molecule has 0 radical (unpaired) electrons. The number of para-hydroxylation sites is 1. The summed E-state index contributed by atoms with van der Waals surface area (Å²) in [6.07, 6.45) is 4.60. The molecule has 0 saturated heterocycles. The average Bonchev–Trinajstić information content (AvgIpc) is 3.53. The summed E-state index contributed by atoms with van der Waals surface area (Å²) in [6, 6.07) is 56.3. The van der Waals surface area contributed by atoms with Crippen LogP contribution in [0.2, 0.25) is 0 Å². The summed E-state index contributed by atoms with van der Waals surface area (Å²) in [6.45, 7) is 9.50. The molecule has 1 heteroatoms. The second kappa shape index (κ2) is 10.8. The van der Waals surface area contributed by atoms with Crippen LogP contribution in [-0.4, -0.2) is 0 Å². The molecule has 51 heavy (non-hydrogen) atoms. The van der Waals surface area contributed by atoms with Crippen molar-refractivity contribution in [2.45, 2.75) is 38.5 Å². The summed E-state index contributed by atoms with van der Waals surface area (Å²) in [4.78, 5) is 2.39. The maximum absolute atomic E-state index is 2.42. The third kappa shape index (κ3) is 4.47. The van der Waals surface area contributed by atoms with Crippen molar-refractivity contribution in [2.24, 2.45) is 0 Å². The van der Waals surface area contributed by atoms with E-state index in [-0.39, 0.29) is 10.8 Å². The van der Waals surface area contributed by atoms with Gasteiger partial charge in [0.1, 0.15) is 0 Å². The number of anilines is 3. The molecular weight excluding hydrogens is 615 g/mol. The first-order valence-electron chi connectivity index (χ1n) is 18.1. The zero-order valence-electron chi connectivity index (χ0n) is 29.5. The van der Waals surface area contributed by atoms with E-state index in [9.17, 15) is 0 Å². The lowest BCUT2D eigenvalue weighted by Crippen LogP contribution is -2.16. The molecule has 1 nitrogen and oxygen atoms in total. The van der Waals surface area contributed by atoms with Crippen molar-refractivity contribution < 1.29 is 0 Å². The predicted octanol–water partition coefficient (Wildman–Crippen LogP) is 13.7. The first kappa shape index (κ1) is 29.9. The largest absolute Gasteiger partial charge is 0.310 e. The van der Waals surface area contributed by atoms with E-state index in [0.29, 0.717) is 0 Å². The smallest absolute Gasteiger partial charge is 0.0468 e. The number of hydrogen-bond donors (Lipinski definition) is 0. The zero-order chi connectivity index (χ0) is 34.5. The standard InChI is InChI=1S/C50H39N/c1-49(2)43-16-10-13-35-20-21-37-27-33(29-46(49)48(37)47(35)43)18-17-32-19-25-41-42-26-24-40(31-45(42)50(3,4)44(41)28-32)51(38-14-6-5-7-15-38)39-23-22-34-11-8-9-12-36(34)30-39/h5-31H,1-4H3/b18-17+. The molecule has 0 heterocycles. The average molecular weight is 654 g/mol. The van der Waals surface area contributed by atoms with Gasteiger partial charge in [0.2, 0.25) is 0 Å². The monoisotopic (exact) mass is 653 g/mol. The molecule has 0 spiro atoms. The third-order valence-corrected chi connectivity index (χ3v) is 11.7. The van der Waals surface area contributed by atoms with E-state index in [1.54, 1.807) is 0 Å². The highest BCUT2D eigenvalue weighted by atomic mass is 15.1. The van der Waals surface area contributed by atoms with E-state index in [4.69, 9.17) is 0 Å². The van der Waals surface area contributed by atoms with Crippen LogP contribution in [-0.2, 0) is 10.8 Å². The maximum Gasteiger partial charge on any atom is 0.0468 e. The normalized spacial score (nSPS) is 14.9. The third-order valence-electron chi connectivity index (χ3n) is 11.7. The quantitative estimate of drug-likeness (QED) is 0.132. The van der Waals surface area contributed by atoms with Crippen molar-refractivity contribution in [1.29, 1.82) is 0 Å². The summed E-state index contributed by atoms with van der Waals surface area (Å²) in [7, 11) is 0. The molecule has 8 aromatic carbocycles. The van der Waals surface area contributed by atoms with Gasteiger partial charge in [-0.25, -0.2) is 0 Å². The summed E-state index contributed by atoms with van der Waals surface area (Å²) in [5, 5.41) is 8.01. The van der Waals surface area contributed by atoms with Crippen molar-refractivity contribution >= 4 is 61.5 Å². The first-order valence-corrected chi connectivity index (χ1v) is 18.1. The van der Waals surface area contributed by atoms with Crippen LogP contribution in [0.4, 0.5) is 17.1 Å². The van der Waals surface area contributed by atoms with E-state index < -0.39 is 0 Å². The predicted molar refractivity (Wildman–Crippen MR) is 219 cm³/mol. The molecule has 0 fully saturated rings. The van der Waals surface area contributed by atoms with Crippen LogP contribution < -0.4 is 4.90 Å². The Morgan fingerprint density at radius 3 is 1.80 bits per heavy atom. The summed E-state index contributed by atoms with van der Waals surface area (Å²) >= 11 is 0. The fourth-order valence-corrected chi connectivity index (χ4v) is 9.04. The van der Waals surface area contributed by atoms with Gasteiger partial charge in [0.05, 0.1) is 0 Å². The minimum absolute atomic E-state index is 0.0160. The molecule has 0 N–H and O–H groups in total. The Bertz CT molecular complexity index is 2740. The lowest BCUT2D eigenvalue weighted by molar-refractivity contribution is 0.660. The lowest BCUT2D eigenvalue weighted by Gasteiger charge is -2.28. The maximum atomic E-state index is 2.42. The molecule has 2 aliphatic carbocycles. The van der Waals surface area contributed by atoms with Gasteiger partial charge in [-0.1, -0.05) is 149 Å². The van der Waals surface area contributed by atoms with Gasteiger partial charge in [-0.15, -0.1) is 0 Å². The topological polar surface area (TPSA) is 3.24 Å². The summed E-state index contributed by atoms with van der Waals surface area (Å²) < 4.78 is 0. The van der Waals surface area contributed by atoms with Gasteiger partial charge in [-0.05, 0) is 119 Å². The first-order chi connectivity index (χ1) is 24.8. The van der Waals surface area contributed by atoms with Crippen LogP contribution in [0.3, 0.4) is 0 Å². The minimum Gasteiger partial charge on any atom is -0.310 e. The second-order valence-electron chi connectivity index (χ2n) is 15.5. The molecule has 8 aromatic rings. The molecule has 0 atom stereocenters. The van der Waals surface area contributed by atoms with Crippen LogP contribution in [0, 0.1) is 0 Å². The Hall–Kier alpha value is -5.92. The van der Waals surface area contributed by atoms with Crippen LogP contribution in [0.1, 0.15) is 61.1 Å². The zero-order valence-corrected chi connectivity index (χ0v) is 29.5. The number of nitrogens with zero attached hydrogens (tertiary/aromatic N) is 1. The highest BCUT2D eigenvalue weighted by molar-refractivity contribution is 6.15. The van der Waals surface area contributed by atoms with Crippen LogP contribution in [0.25, 0.3) is 55.6 Å². The van der Waals surface area contributed by atoms with Gasteiger partial charge in [0, 0.05) is 27.9 Å². The highest BCUT2D eigenvalue weighted by Crippen LogP contribution is 2.52. The van der Waals surface area contributed by atoms with Crippen molar-refractivity contribution in [2.75, 3.05) is 4.90 Å². The van der Waals surface area contributed by atoms with Crippen molar-refractivity contribution in [3.05, 3.63) is 185 Å². The minimum atomic E-state index is -0.147. The molecule has 0 bridgehead atoms. The number of benzene rings is 8. The Kier molecular flexibility index (Phi) is 6.34.